The Labute approximate surface area is 166 Å². The summed E-state index contributed by atoms with van der Waals surface area (Å²) >= 11 is 0. The van der Waals surface area contributed by atoms with E-state index < -0.39 is 18.5 Å². The molecule has 1 heterocycles. The average Bonchev–Trinajstić information content (AvgIpc) is 2.68. The molecule has 0 radical (unpaired) electrons. The van der Waals surface area contributed by atoms with Crippen LogP contribution in [0.25, 0.3) is 0 Å². The molecule has 0 aliphatic carbocycles. The number of pyridine rings is 1. The van der Waals surface area contributed by atoms with Crippen molar-refractivity contribution in [2.45, 2.75) is 19.0 Å². The van der Waals surface area contributed by atoms with E-state index in [1.807, 2.05) is 18.2 Å². The van der Waals surface area contributed by atoms with Crippen LogP contribution in [-0.4, -0.2) is 23.6 Å². The van der Waals surface area contributed by atoms with Gasteiger partial charge in [0.1, 0.15) is 0 Å². The number of aromatic nitrogens is 1. The average molecular weight is 399 g/mol. The number of rotatable bonds is 7. The Morgan fingerprint density at radius 1 is 0.966 bits per heavy atom. The molecule has 2 aromatic carbocycles. The van der Waals surface area contributed by atoms with E-state index in [1.165, 1.54) is 18.2 Å². The summed E-state index contributed by atoms with van der Waals surface area (Å²) in [5, 5.41) is 5.91. The van der Waals surface area contributed by atoms with Gasteiger partial charge in [0.2, 0.25) is 0 Å². The van der Waals surface area contributed by atoms with Crippen LogP contribution in [0.5, 0.6) is 0 Å². The summed E-state index contributed by atoms with van der Waals surface area (Å²) in [5.74, 6) is -0.390. The highest BCUT2D eigenvalue weighted by molar-refractivity contribution is 6.08. The van der Waals surface area contributed by atoms with Crippen molar-refractivity contribution in [2.24, 2.45) is 0 Å². The fourth-order valence-electron chi connectivity index (χ4n) is 2.91. The van der Waals surface area contributed by atoms with Gasteiger partial charge < -0.3 is 10.6 Å². The molecular weight excluding hydrogens is 379 g/mol. The zero-order valence-electron chi connectivity index (χ0n) is 15.5. The van der Waals surface area contributed by atoms with E-state index in [0.717, 1.165) is 12.0 Å². The van der Waals surface area contributed by atoms with Crippen molar-refractivity contribution in [1.82, 2.24) is 4.98 Å². The minimum atomic E-state index is -4.30. The number of para-hydroxylation sites is 1. The van der Waals surface area contributed by atoms with Crippen molar-refractivity contribution in [3.8, 4) is 0 Å². The second-order valence-corrected chi connectivity index (χ2v) is 6.53. The van der Waals surface area contributed by atoms with Crippen LogP contribution >= 0.6 is 0 Å². The number of carbonyl (C=O) groups is 1. The molecule has 0 bridgehead atoms. The topological polar surface area (TPSA) is 54.0 Å². The molecule has 0 aliphatic heterocycles. The summed E-state index contributed by atoms with van der Waals surface area (Å²) in [6.07, 6.45) is -1.10. The van der Waals surface area contributed by atoms with E-state index in [0.29, 0.717) is 23.5 Å². The Morgan fingerprint density at radius 3 is 2.52 bits per heavy atom. The van der Waals surface area contributed by atoms with Gasteiger partial charge in [-0.2, -0.15) is 13.2 Å². The third kappa shape index (κ3) is 6.34. The summed E-state index contributed by atoms with van der Waals surface area (Å²) in [6, 6.07) is 16.6. The van der Waals surface area contributed by atoms with Crippen molar-refractivity contribution >= 4 is 17.3 Å². The Kier molecular flexibility index (Phi) is 6.49. The lowest BCUT2D eigenvalue weighted by Gasteiger charge is -2.13. The molecule has 1 amide bonds. The minimum absolute atomic E-state index is 0.0955. The smallest absolute Gasteiger partial charge is 0.384 e. The summed E-state index contributed by atoms with van der Waals surface area (Å²) < 4.78 is 37.8. The molecule has 0 atom stereocenters. The molecule has 29 heavy (non-hydrogen) atoms. The summed E-state index contributed by atoms with van der Waals surface area (Å²) in [6.45, 7) is 0.608. The number of amides is 1. The Morgan fingerprint density at radius 2 is 1.76 bits per heavy atom. The molecule has 0 spiro atoms. The van der Waals surface area contributed by atoms with E-state index in [2.05, 4.69) is 15.6 Å². The van der Waals surface area contributed by atoms with E-state index >= 15 is 0 Å². The minimum Gasteiger partial charge on any atom is -0.384 e. The molecule has 3 aromatic rings. The number of nitrogens with one attached hydrogen (secondary N) is 2. The molecule has 0 saturated heterocycles. The molecule has 0 saturated carbocycles. The Bertz CT molecular complexity index is 959. The quantitative estimate of drug-likeness (QED) is 0.582. The highest BCUT2D eigenvalue weighted by Crippen LogP contribution is 2.23. The molecule has 0 unspecified atom stereocenters. The monoisotopic (exact) mass is 399 g/mol. The van der Waals surface area contributed by atoms with Crippen molar-refractivity contribution in [3.63, 3.8) is 0 Å². The third-order valence-electron chi connectivity index (χ3n) is 4.21. The zero-order chi connectivity index (χ0) is 20.7. The molecule has 0 fully saturated rings. The van der Waals surface area contributed by atoms with Crippen molar-refractivity contribution < 1.29 is 18.0 Å². The zero-order valence-corrected chi connectivity index (χ0v) is 15.5. The molecule has 1 aromatic heterocycles. The standard InChI is InChI=1S/C22H20F3N3O/c23-22(24,25)14-17-5-3-7-18(13-17)28-21(29)19-8-1-2-9-20(19)27-12-10-16-6-4-11-26-15-16/h1-9,11,13,15,27H,10,12,14H2,(H,28,29). The highest BCUT2D eigenvalue weighted by Gasteiger charge is 2.27. The maximum Gasteiger partial charge on any atom is 0.393 e. The van der Waals surface area contributed by atoms with Gasteiger partial charge in [0.05, 0.1) is 12.0 Å². The molecule has 3 rings (SSSR count). The van der Waals surface area contributed by atoms with E-state index in [1.54, 1.807) is 36.7 Å². The van der Waals surface area contributed by atoms with Crippen LogP contribution in [0.15, 0.2) is 73.1 Å². The molecule has 4 nitrogen and oxygen atoms in total. The predicted octanol–water partition coefficient (Wildman–Crippen LogP) is 5.09. The van der Waals surface area contributed by atoms with Gasteiger partial charge >= 0.3 is 6.18 Å². The van der Waals surface area contributed by atoms with Crippen molar-refractivity contribution in [2.75, 3.05) is 17.2 Å². The van der Waals surface area contributed by atoms with Crippen LogP contribution in [0.4, 0.5) is 24.5 Å². The first-order chi connectivity index (χ1) is 13.9. The van der Waals surface area contributed by atoms with Gasteiger partial charge in [0, 0.05) is 30.3 Å². The number of hydrogen-bond donors (Lipinski definition) is 2. The number of anilines is 2. The van der Waals surface area contributed by atoms with E-state index in [4.69, 9.17) is 0 Å². The molecule has 2 N–H and O–H groups in total. The maximum atomic E-state index is 12.7. The number of alkyl halides is 3. The first-order valence-corrected chi connectivity index (χ1v) is 9.09. The molecule has 150 valence electrons. The number of halogens is 3. The Hall–Kier alpha value is -3.35. The SMILES string of the molecule is O=C(Nc1cccc(CC(F)(F)F)c1)c1ccccc1NCCc1cccnc1. The summed E-state index contributed by atoms with van der Waals surface area (Å²) in [7, 11) is 0. The maximum absolute atomic E-state index is 12.7. The molecule has 7 heteroatoms. The summed E-state index contributed by atoms with van der Waals surface area (Å²) in [4.78, 5) is 16.8. The highest BCUT2D eigenvalue weighted by atomic mass is 19.4. The normalized spacial score (nSPS) is 11.1. The van der Waals surface area contributed by atoms with E-state index in [-0.39, 0.29) is 5.56 Å². The molecular formula is C22H20F3N3O. The lowest BCUT2D eigenvalue weighted by Crippen LogP contribution is -2.16. The van der Waals surface area contributed by atoms with Gasteiger partial charge in [0.25, 0.3) is 5.91 Å². The van der Waals surface area contributed by atoms with Gasteiger partial charge in [-0.1, -0.05) is 30.3 Å². The van der Waals surface area contributed by atoms with Crippen LogP contribution in [0.3, 0.4) is 0 Å². The van der Waals surface area contributed by atoms with Crippen LogP contribution in [0, 0.1) is 0 Å². The fourth-order valence-corrected chi connectivity index (χ4v) is 2.91. The molecule has 0 aliphatic rings. The predicted molar refractivity (Wildman–Crippen MR) is 107 cm³/mol. The summed E-state index contributed by atoms with van der Waals surface area (Å²) in [5.41, 5.74) is 2.56. The second kappa shape index (κ2) is 9.23. The van der Waals surface area contributed by atoms with Gasteiger partial charge in [-0.25, -0.2) is 0 Å². The first-order valence-electron chi connectivity index (χ1n) is 9.09. The van der Waals surface area contributed by atoms with Crippen LogP contribution in [0.1, 0.15) is 21.5 Å². The van der Waals surface area contributed by atoms with Gasteiger partial charge in [-0.15, -0.1) is 0 Å². The van der Waals surface area contributed by atoms with Gasteiger partial charge in [-0.05, 0) is 47.9 Å². The van der Waals surface area contributed by atoms with Gasteiger partial charge in [-0.3, -0.25) is 9.78 Å². The van der Waals surface area contributed by atoms with E-state index in [9.17, 15) is 18.0 Å². The number of benzene rings is 2. The fraction of sp³-hybridized carbons (Fsp3) is 0.182. The lowest BCUT2D eigenvalue weighted by atomic mass is 10.1. The Balaban J connectivity index is 1.66. The van der Waals surface area contributed by atoms with Gasteiger partial charge in [0.15, 0.2) is 0 Å². The number of carbonyl (C=O) groups excluding carboxylic acids is 1. The van der Waals surface area contributed by atoms with Crippen LogP contribution < -0.4 is 10.6 Å². The largest absolute Gasteiger partial charge is 0.393 e. The first kappa shape index (κ1) is 20.4. The third-order valence-corrected chi connectivity index (χ3v) is 4.21. The van der Waals surface area contributed by atoms with Crippen LogP contribution in [0.2, 0.25) is 0 Å². The van der Waals surface area contributed by atoms with Crippen molar-refractivity contribution in [1.29, 1.82) is 0 Å². The van der Waals surface area contributed by atoms with Crippen LogP contribution in [-0.2, 0) is 12.8 Å². The number of hydrogen-bond acceptors (Lipinski definition) is 3. The van der Waals surface area contributed by atoms with Crippen molar-refractivity contribution in [3.05, 3.63) is 89.7 Å². The second-order valence-electron chi connectivity index (χ2n) is 6.53. The lowest BCUT2D eigenvalue weighted by molar-refractivity contribution is -0.127. The number of nitrogens with zero attached hydrogens (tertiary/aromatic N) is 1.